The number of carbonyl (C=O) groups excluding carboxylic acids is 1. The topological polar surface area (TPSA) is 50.2 Å². The van der Waals surface area contributed by atoms with E-state index in [1.807, 2.05) is 23.7 Å². The normalized spacial score (nSPS) is 29.4. The van der Waals surface area contributed by atoms with Crippen LogP contribution in [0.15, 0.2) is 11.6 Å². The molecule has 1 amide bonds. The number of aryl methyl sites for hydroxylation is 2. The Morgan fingerprint density at radius 1 is 1.23 bits per heavy atom. The molecule has 1 saturated heterocycles. The van der Waals surface area contributed by atoms with Crippen LogP contribution in [0, 0.1) is 31.6 Å². The van der Waals surface area contributed by atoms with Crippen molar-refractivity contribution in [2.24, 2.45) is 24.8 Å². The third-order valence-corrected chi connectivity index (χ3v) is 6.69. The maximum absolute atomic E-state index is 12.4. The Morgan fingerprint density at radius 3 is 2.58 bits per heavy atom. The SMILES string of the molecule is CC1=CCC[C@H](C)[C@@H]1CNC[C@@H]1CC(=O)N(C)[C@H]1c1c(C)nn(C)c1C. The molecule has 0 spiro atoms. The van der Waals surface area contributed by atoms with Gasteiger partial charge < -0.3 is 10.2 Å². The number of allylic oxidation sites excluding steroid dienone is 1. The van der Waals surface area contributed by atoms with E-state index in [1.165, 1.54) is 29.7 Å². The number of nitrogens with zero attached hydrogens (tertiary/aromatic N) is 3. The second kappa shape index (κ2) is 7.55. The van der Waals surface area contributed by atoms with Crippen molar-refractivity contribution in [1.29, 1.82) is 0 Å². The van der Waals surface area contributed by atoms with Crippen molar-refractivity contribution < 1.29 is 4.79 Å². The van der Waals surface area contributed by atoms with Crippen molar-refractivity contribution >= 4 is 5.91 Å². The van der Waals surface area contributed by atoms with Gasteiger partial charge in [0.25, 0.3) is 0 Å². The summed E-state index contributed by atoms with van der Waals surface area (Å²) < 4.78 is 1.93. The maximum Gasteiger partial charge on any atom is 0.223 e. The molecule has 3 rings (SSSR count). The van der Waals surface area contributed by atoms with Crippen molar-refractivity contribution in [3.05, 3.63) is 28.6 Å². The Kier molecular flexibility index (Phi) is 5.56. The van der Waals surface area contributed by atoms with Gasteiger partial charge >= 0.3 is 0 Å². The number of carbonyl (C=O) groups is 1. The fourth-order valence-electron chi connectivity index (χ4n) is 4.94. The lowest BCUT2D eigenvalue weighted by Crippen LogP contribution is -2.34. The molecule has 5 nitrogen and oxygen atoms in total. The molecule has 0 unspecified atom stereocenters. The average molecular weight is 359 g/mol. The van der Waals surface area contributed by atoms with E-state index in [0.29, 0.717) is 18.3 Å². The monoisotopic (exact) mass is 358 g/mol. The molecule has 0 radical (unpaired) electrons. The van der Waals surface area contributed by atoms with Gasteiger partial charge in [-0.05, 0) is 45.4 Å². The lowest BCUT2D eigenvalue weighted by Gasteiger charge is -2.30. The summed E-state index contributed by atoms with van der Waals surface area (Å²) in [5.41, 5.74) is 4.96. The van der Waals surface area contributed by atoms with Gasteiger partial charge in [-0.3, -0.25) is 9.48 Å². The molecule has 144 valence electrons. The molecule has 0 aromatic carbocycles. The lowest BCUT2D eigenvalue weighted by molar-refractivity contribution is -0.127. The molecule has 1 aromatic rings. The number of amides is 1. The van der Waals surface area contributed by atoms with Crippen LogP contribution in [0.3, 0.4) is 0 Å². The van der Waals surface area contributed by atoms with E-state index in [2.05, 4.69) is 44.2 Å². The van der Waals surface area contributed by atoms with Crippen molar-refractivity contribution in [1.82, 2.24) is 20.0 Å². The summed E-state index contributed by atoms with van der Waals surface area (Å²) in [5, 5.41) is 8.27. The van der Waals surface area contributed by atoms with Crippen LogP contribution >= 0.6 is 0 Å². The molecule has 1 N–H and O–H groups in total. The number of aromatic nitrogens is 2. The first-order valence-electron chi connectivity index (χ1n) is 9.94. The number of nitrogens with one attached hydrogen (secondary N) is 1. The highest BCUT2D eigenvalue weighted by Crippen LogP contribution is 2.39. The largest absolute Gasteiger partial charge is 0.338 e. The molecule has 5 heteroatoms. The Hall–Kier alpha value is -1.62. The fraction of sp³-hybridized carbons (Fsp3) is 0.714. The van der Waals surface area contributed by atoms with Gasteiger partial charge in [0.2, 0.25) is 5.91 Å². The zero-order valence-corrected chi connectivity index (χ0v) is 17.2. The summed E-state index contributed by atoms with van der Waals surface area (Å²) in [6.45, 7) is 10.7. The summed E-state index contributed by atoms with van der Waals surface area (Å²) in [4.78, 5) is 14.4. The number of hydrogen-bond acceptors (Lipinski definition) is 3. The van der Waals surface area contributed by atoms with Crippen LogP contribution in [0.25, 0.3) is 0 Å². The van der Waals surface area contributed by atoms with Gasteiger partial charge in [-0.15, -0.1) is 0 Å². The maximum atomic E-state index is 12.4. The first-order chi connectivity index (χ1) is 12.3. The first kappa shape index (κ1) is 19.2. The molecule has 1 aromatic heterocycles. The van der Waals surface area contributed by atoms with E-state index in [4.69, 9.17) is 0 Å². The second-order valence-electron chi connectivity index (χ2n) is 8.39. The molecule has 0 bridgehead atoms. The van der Waals surface area contributed by atoms with Gasteiger partial charge in [0.15, 0.2) is 0 Å². The van der Waals surface area contributed by atoms with E-state index >= 15 is 0 Å². The molecular formula is C21H34N4O. The Bertz CT molecular complexity index is 705. The third-order valence-electron chi connectivity index (χ3n) is 6.69. The van der Waals surface area contributed by atoms with Crippen molar-refractivity contribution in [3.8, 4) is 0 Å². The van der Waals surface area contributed by atoms with Crippen molar-refractivity contribution in [2.75, 3.05) is 20.1 Å². The number of rotatable bonds is 5. The van der Waals surface area contributed by atoms with E-state index in [-0.39, 0.29) is 11.9 Å². The summed E-state index contributed by atoms with van der Waals surface area (Å²) in [7, 11) is 3.92. The minimum atomic E-state index is 0.129. The van der Waals surface area contributed by atoms with E-state index in [0.717, 1.165) is 24.7 Å². The molecule has 1 aliphatic heterocycles. The smallest absolute Gasteiger partial charge is 0.223 e. The average Bonchev–Trinajstić information content (AvgIpc) is 2.99. The van der Waals surface area contributed by atoms with Crippen molar-refractivity contribution in [3.63, 3.8) is 0 Å². The van der Waals surface area contributed by atoms with E-state index in [9.17, 15) is 4.79 Å². The van der Waals surface area contributed by atoms with Gasteiger partial charge in [0.1, 0.15) is 0 Å². The summed E-state index contributed by atoms with van der Waals surface area (Å²) >= 11 is 0. The fourth-order valence-corrected chi connectivity index (χ4v) is 4.94. The van der Waals surface area contributed by atoms with Crippen LogP contribution in [0.4, 0.5) is 0 Å². The minimum Gasteiger partial charge on any atom is -0.338 e. The van der Waals surface area contributed by atoms with Gasteiger partial charge in [-0.2, -0.15) is 5.10 Å². The quantitative estimate of drug-likeness (QED) is 0.823. The number of hydrogen-bond donors (Lipinski definition) is 1. The molecule has 2 heterocycles. The highest BCUT2D eigenvalue weighted by molar-refractivity contribution is 5.79. The summed E-state index contributed by atoms with van der Waals surface area (Å²) in [6, 6.07) is 0.129. The predicted octanol–water partition coefficient (Wildman–Crippen LogP) is 3.14. The zero-order valence-electron chi connectivity index (χ0n) is 17.2. The molecule has 1 fully saturated rings. The van der Waals surface area contributed by atoms with Crippen LogP contribution in [0.2, 0.25) is 0 Å². The van der Waals surface area contributed by atoms with E-state index in [1.54, 1.807) is 0 Å². The Morgan fingerprint density at radius 2 is 1.96 bits per heavy atom. The molecule has 26 heavy (non-hydrogen) atoms. The highest BCUT2D eigenvalue weighted by atomic mass is 16.2. The van der Waals surface area contributed by atoms with Crippen LogP contribution < -0.4 is 5.32 Å². The van der Waals surface area contributed by atoms with Gasteiger partial charge in [0, 0.05) is 50.8 Å². The lowest BCUT2D eigenvalue weighted by atomic mass is 9.80. The van der Waals surface area contributed by atoms with Gasteiger partial charge in [-0.1, -0.05) is 18.6 Å². The summed E-state index contributed by atoms with van der Waals surface area (Å²) in [5.74, 6) is 1.90. The molecule has 0 saturated carbocycles. The first-order valence-corrected chi connectivity index (χ1v) is 9.94. The Labute approximate surface area is 157 Å². The van der Waals surface area contributed by atoms with Crippen molar-refractivity contribution in [2.45, 2.75) is 53.0 Å². The van der Waals surface area contributed by atoms with Crippen LogP contribution in [-0.2, 0) is 11.8 Å². The van der Waals surface area contributed by atoms with Crippen LogP contribution in [0.5, 0.6) is 0 Å². The van der Waals surface area contributed by atoms with Crippen LogP contribution in [0.1, 0.15) is 56.1 Å². The van der Waals surface area contributed by atoms with Gasteiger partial charge in [-0.25, -0.2) is 0 Å². The van der Waals surface area contributed by atoms with E-state index < -0.39 is 0 Å². The number of likely N-dealkylation sites (tertiary alicyclic amines) is 1. The third kappa shape index (κ3) is 3.46. The zero-order chi connectivity index (χ0) is 19.0. The highest BCUT2D eigenvalue weighted by Gasteiger charge is 2.40. The Balaban J connectivity index is 1.71. The predicted molar refractivity (Wildman–Crippen MR) is 105 cm³/mol. The molecule has 4 atom stereocenters. The molecule has 1 aliphatic carbocycles. The standard InChI is InChI=1S/C21H34N4O/c1-13-8-7-9-14(2)18(13)12-22-11-17-10-19(26)24(5)21(17)20-15(3)23-25(6)16(20)4/h8,14,17-18,21-22H,7,9-12H2,1-6H3/t14-,17-,18+,21+/m0/s1. The molecular weight excluding hydrogens is 324 g/mol. The second-order valence-corrected chi connectivity index (χ2v) is 8.39. The van der Waals surface area contributed by atoms with Gasteiger partial charge in [0.05, 0.1) is 11.7 Å². The minimum absolute atomic E-state index is 0.129. The van der Waals surface area contributed by atoms with Crippen LogP contribution in [-0.4, -0.2) is 40.7 Å². The molecule has 2 aliphatic rings. The summed E-state index contributed by atoms with van der Waals surface area (Å²) in [6.07, 6.45) is 5.51.